The van der Waals surface area contributed by atoms with Gasteiger partial charge >= 0.3 is 0 Å². The maximum absolute atomic E-state index is 12.0. The van der Waals surface area contributed by atoms with Crippen molar-refractivity contribution in [2.24, 2.45) is 10.9 Å². The van der Waals surface area contributed by atoms with Crippen LogP contribution in [0.5, 0.6) is 0 Å². The number of anilines is 1. The second kappa shape index (κ2) is 12.6. The Hall–Kier alpha value is -2.80. The monoisotopic (exact) mass is 400 g/mol. The summed E-state index contributed by atoms with van der Waals surface area (Å²) in [5.41, 5.74) is 1.77. The number of carbonyl (C=O) groups is 1. The van der Waals surface area contributed by atoms with Crippen molar-refractivity contribution in [1.29, 1.82) is 0 Å². The minimum atomic E-state index is -0.267. The summed E-state index contributed by atoms with van der Waals surface area (Å²) in [5, 5.41) is 9.37. The number of hydrogen-bond donors (Lipinski definition) is 3. The van der Waals surface area contributed by atoms with Crippen LogP contribution in [0.15, 0.2) is 52.1 Å². The molecule has 7 heteroatoms. The Balaban J connectivity index is 1.78. The first-order valence-corrected chi connectivity index (χ1v) is 10.1. The molecular formula is C22H32N4O3. The van der Waals surface area contributed by atoms with Gasteiger partial charge in [0.1, 0.15) is 0 Å². The Morgan fingerprint density at radius 2 is 1.97 bits per heavy atom. The van der Waals surface area contributed by atoms with Crippen molar-refractivity contribution < 1.29 is 13.9 Å². The molecule has 1 heterocycles. The van der Waals surface area contributed by atoms with Crippen molar-refractivity contribution in [3.63, 3.8) is 0 Å². The third-order valence-electron chi connectivity index (χ3n) is 3.93. The standard InChI is InChI=1S/C22H32N4O3/c1-4-23-22(24-12-6-13-28-16-17(2)3)25-15-18-8-10-19(11-9-18)26-21(27)20-7-5-14-29-20/h5,7-11,14,17H,4,6,12-13,15-16H2,1-3H3,(H,26,27)(H2,23,24,25). The Morgan fingerprint density at radius 3 is 2.62 bits per heavy atom. The molecule has 0 saturated heterocycles. The summed E-state index contributed by atoms with van der Waals surface area (Å²) in [5.74, 6) is 1.37. The average molecular weight is 401 g/mol. The number of aliphatic imine (C=N–C) groups is 1. The van der Waals surface area contributed by atoms with E-state index in [2.05, 4.69) is 34.8 Å². The van der Waals surface area contributed by atoms with Gasteiger partial charge in [-0.05, 0) is 49.1 Å². The van der Waals surface area contributed by atoms with E-state index in [0.717, 1.165) is 44.2 Å². The molecule has 0 spiro atoms. The van der Waals surface area contributed by atoms with Gasteiger partial charge in [0.2, 0.25) is 0 Å². The Labute approximate surface area is 172 Å². The maximum atomic E-state index is 12.0. The molecule has 29 heavy (non-hydrogen) atoms. The normalized spacial score (nSPS) is 11.5. The number of benzene rings is 1. The fourth-order valence-electron chi connectivity index (χ4n) is 2.51. The van der Waals surface area contributed by atoms with E-state index in [1.807, 2.05) is 31.2 Å². The lowest BCUT2D eigenvalue weighted by Crippen LogP contribution is -2.38. The summed E-state index contributed by atoms with van der Waals surface area (Å²) in [6, 6.07) is 10.9. The molecule has 0 radical (unpaired) electrons. The number of rotatable bonds is 11. The zero-order chi connectivity index (χ0) is 20.9. The first-order valence-electron chi connectivity index (χ1n) is 10.1. The smallest absolute Gasteiger partial charge is 0.291 e. The molecular weight excluding hydrogens is 368 g/mol. The highest BCUT2D eigenvalue weighted by Crippen LogP contribution is 2.12. The first kappa shape index (κ1) is 22.5. The molecule has 7 nitrogen and oxygen atoms in total. The highest BCUT2D eigenvalue weighted by atomic mass is 16.5. The number of ether oxygens (including phenoxy) is 1. The fourth-order valence-corrected chi connectivity index (χ4v) is 2.51. The third-order valence-corrected chi connectivity index (χ3v) is 3.93. The van der Waals surface area contributed by atoms with Gasteiger partial charge in [0, 0.05) is 32.0 Å². The van der Waals surface area contributed by atoms with Gasteiger partial charge in [-0.2, -0.15) is 0 Å². The van der Waals surface area contributed by atoms with E-state index in [1.165, 1.54) is 6.26 Å². The number of nitrogens with zero attached hydrogens (tertiary/aromatic N) is 1. The second-order valence-electron chi connectivity index (χ2n) is 7.07. The van der Waals surface area contributed by atoms with Crippen molar-refractivity contribution in [3.8, 4) is 0 Å². The van der Waals surface area contributed by atoms with E-state index < -0.39 is 0 Å². The molecule has 0 aliphatic carbocycles. The Bertz CT molecular complexity index is 740. The van der Waals surface area contributed by atoms with E-state index in [-0.39, 0.29) is 11.7 Å². The molecule has 0 aliphatic rings. The number of carbonyl (C=O) groups excluding carboxylic acids is 1. The van der Waals surface area contributed by atoms with E-state index >= 15 is 0 Å². The Kier molecular flexibility index (Phi) is 9.78. The quantitative estimate of drug-likeness (QED) is 0.304. The van der Waals surface area contributed by atoms with Gasteiger partial charge in [-0.25, -0.2) is 4.99 Å². The highest BCUT2D eigenvalue weighted by Gasteiger charge is 2.08. The summed E-state index contributed by atoms with van der Waals surface area (Å²) in [6.07, 6.45) is 2.41. The predicted molar refractivity (Wildman–Crippen MR) is 116 cm³/mol. The van der Waals surface area contributed by atoms with Crippen molar-refractivity contribution in [2.75, 3.05) is 31.6 Å². The minimum Gasteiger partial charge on any atom is -0.459 e. The number of furan rings is 1. The lowest BCUT2D eigenvalue weighted by atomic mass is 10.2. The maximum Gasteiger partial charge on any atom is 0.291 e. The van der Waals surface area contributed by atoms with E-state index in [0.29, 0.717) is 18.2 Å². The van der Waals surface area contributed by atoms with Gasteiger partial charge in [0.05, 0.1) is 12.8 Å². The average Bonchev–Trinajstić information content (AvgIpc) is 3.24. The zero-order valence-electron chi connectivity index (χ0n) is 17.5. The third kappa shape index (κ3) is 8.83. The van der Waals surface area contributed by atoms with Crippen molar-refractivity contribution in [2.45, 2.75) is 33.7 Å². The van der Waals surface area contributed by atoms with Gasteiger partial charge < -0.3 is 25.1 Å². The first-order chi connectivity index (χ1) is 14.1. The molecule has 3 N–H and O–H groups in total. The summed E-state index contributed by atoms with van der Waals surface area (Å²) < 4.78 is 10.7. The molecule has 2 rings (SSSR count). The van der Waals surface area contributed by atoms with Crippen LogP contribution in [0.4, 0.5) is 5.69 Å². The molecule has 0 unspecified atom stereocenters. The summed E-state index contributed by atoms with van der Waals surface area (Å²) in [6.45, 7) is 10.0. The van der Waals surface area contributed by atoms with Crippen molar-refractivity contribution in [3.05, 3.63) is 54.0 Å². The molecule has 0 saturated carbocycles. The van der Waals surface area contributed by atoms with Crippen LogP contribution >= 0.6 is 0 Å². The van der Waals surface area contributed by atoms with Crippen LogP contribution in [0.25, 0.3) is 0 Å². The molecule has 0 aliphatic heterocycles. The molecule has 1 amide bonds. The number of amides is 1. The summed E-state index contributed by atoms with van der Waals surface area (Å²) >= 11 is 0. The van der Waals surface area contributed by atoms with Crippen LogP contribution in [0.2, 0.25) is 0 Å². The molecule has 1 aromatic heterocycles. The predicted octanol–water partition coefficient (Wildman–Crippen LogP) is 3.65. The topological polar surface area (TPSA) is 87.9 Å². The minimum absolute atomic E-state index is 0.267. The molecule has 0 fully saturated rings. The number of hydrogen-bond acceptors (Lipinski definition) is 4. The largest absolute Gasteiger partial charge is 0.459 e. The number of nitrogens with one attached hydrogen (secondary N) is 3. The molecule has 158 valence electrons. The molecule has 0 atom stereocenters. The fraction of sp³-hybridized carbons (Fsp3) is 0.455. The molecule has 0 bridgehead atoms. The van der Waals surface area contributed by atoms with Gasteiger partial charge in [-0.1, -0.05) is 26.0 Å². The van der Waals surface area contributed by atoms with Crippen LogP contribution in [-0.2, 0) is 11.3 Å². The zero-order valence-corrected chi connectivity index (χ0v) is 17.5. The summed E-state index contributed by atoms with van der Waals surface area (Å²) in [4.78, 5) is 16.6. The van der Waals surface area contributed by atoms with Crippen LogP contribution in [0, 0.1) is 5.92 Å². The Morgan fingerprint density at radius 1 is 1.17 bits per heavy atom. The summed E-state index contributed by atoms with van der Waals surface area (Å²) in [7, 11) is 0. The van der Waals surface area contributed by atoms with E-state index in [4.69, 9.17) is 9.15 Å². The highest BCUT2D eigenvalue weighted by molar-refractivity contribution is 6.02. The molecule has 1 aromatic carbocycles. The van der Waals surface area contributed by atoms with Gasteiger partial charge in [0.15, 0.2) is 11.7 Å². The lowest BCUT2D eigenvalue weighted by molar-refractivity contribution is 0.0996. The van der Waals surface area contributed by atoms with Crippen LogP contribution in [0.3, 0.4) is 0 Å². The van der Waals surface area contributed by atoms with Crippen LogP contribution in [-0.4, -0.2) is 38.2 Å². The SMILES string of the molecule is CCNC(=NCc1ccc(NC(=O)c2ccco2)cc1)NCCCOCC(C)C. The van der Waals surface area contributed by atoms with Gasteiger partial charge in [-0.3, -0.25) is 4.79 Å². The van der Waals surface area contributed by atoms with Crippen molar-refractivity contribution in [1.82, 2.24) is 10.6 Å². The van der Waals surface area contributed by atoms with Crippen LogP contribution < -0.4 is 16.0 Å². The number of guanidine groups is 1. The lowest BCUT2D eigenvalue weighted by Gasteiger charge is -2.12. The second-order valence-corrected chi connectivity index (χ2v) is 7.07. The van der Waals surface area contributed by atoms with Gasteiger partial charge in [0.25, 0.3) is 5.91 Å². The van der Waals surface area contributed by atoms with E-state index in [9.17, 15) is 4.79 Å². The van der Waals surface area contributed by atoms with Crippen LogP contribution in [0.1, 0.15) is 43.3 Å². The van der Waals surface area contributed by atoms with Crippen molar-refractivity contribution >= 4 is 17.6 Å². The van der Waals surface area contributed by atoms with E-state index in [1.54, 1.807) is 12.1 Å². The molecule has 2 aromatic rings. The van der Waals surface area contributed by atoms with Gasteiger partial charge in [-0.15, -0.1) is 0 Å².